The third-order valence-electron chi connectivity index (χ3n) is 2.93. The Morgan fingerprint density at radius 2 is 2.10 bits per heavy atom. The van der Waals surface area contributed by atoms with Crippen LogP contribution >= 0.6 is 0 Å². The molecule has 1 heterocycles. The van der Waals surface area contributed by atoms with Crippen LogP contribution in [-0.4, -0.2) is 29.7 Å². The zero-order valence-electron chi connectivity index (χ0n) is 12.0. The van der Waals surface area contributed by atoms with Crippen LogP contribution in [0.2, 0.25) is 0 Å². The van der Waals surface area contributed by atoms with Crippen molar-refractivity contribution in [3.8, 4) is 0 Å². The minimum absolute atomic E-state index is 0.0273. The maximum Gasteiger partial charge on any atom is 0.252 e. The Morgan fingerprint density at radius 1 is 1.29 bits per heavy atom. The van der Waals surface area contributed by atoms with E-state index in [1.165, 1.54) is 0 Å². The van der Waals surface area contributed by atoms with Gasteiger partial charge in [0.2, 0.25) is 5.91 Å². The number of nitrogens with one attached hydrogen (secondary N) is 1. The van der Waals surface area contributed by atoms with Crippen LogP contribution in [0.25, 0.3) is 0 Å². The lowest BCUT2D eigenvalue weighted by Gasteiger charge is -2.03. The molecular formula is C15H19N3O3. The average Bonchev–Trinajstić information content (AvgIpc) is 2.94. The van der Waals surface area contributed by atoms with Gasteiger partial charge < -0.3 is 14.6 Å². The number of hydrogen-bond donors (Lipinski definition) is 1. The molecule has 0 saturated heterocycles. The lowest BCUT2D eigenvalue weighted by molar-refractivity contribution is -0.121. The van der Waals surface area contributed by atoms with Gasteiger partial charge in [0.15, 0.2) is 5.82 Å². The van der Waals surface area contributed by atoms with Gasteiger partial charge in [0, 0.05) is 26.5 Å². The van der Waals surface area contributed by atoms with Crippen LogP contribution in [-0.2, 0) is 29.0 Å². The molecule has 112 valence electrons. The van der Waals surface area contributed by atoms with Crippen LogP contribution in [0.3, 0.4) is 0 Å². The summed E-state index contributed by atoms with van der Waals surface area (Å²) in [6.45, 7) is 0.802. The van der Waals surface area contributed by atoms with E-state index < -0.39 is 0 Å². The summed E-state index contributed by atoms with van der Waals surface area (Å²) in [7, 11) is 1.57. The summed E-state index contributed by atoms with van der Waals surface area (Å²) < 4.78 is 9.86. The van der Waals surface area contributed by atoms with Crippen LogP contribution in [0.15, 0.2) is 34.9 Å². The van der Waals surface area contributed by atoms with E-state index >= 15 is 0 Å². The predicted molar refractivity (Wildman–Crippen MR) is 76.5 cm³/mol. The van der Waals surface area contributed by atoms with Crippen LogP contribution in [0.1, 0.15) is 23.7 Å². The number of aryl methyl sites for hydroxylation is 1. The third kappa shape index (κ3) is 5.35. The molecule has 0 fully saturated rings. The number of rotatable bonds is 8. The summed E-state index contributed by atoms with van der Waals surface area (Å²) in [5.41, 5.74) is 1.16. The largest absolute Gasteiger partial charge is 0.375 e. The summed E-state index contributed by atoms with van der Waals surface area (Å²) in [5, 5.41) is 6.66. The maximum absolute atomic E-state index is 11.7. The van der Waals surface area contributed by atoms with Crippen LogP contribution in [0.5, 0.6) is 0 Å². The molecule has 2 aromatic rings. The highest BCUT2D eigenvalue weighted by Gasteiger charge is 2.07. The Bertz CT molecular complexity index is 554. The molecule has 1 aromatic carbocycles. The number of hydrogen-bond acceptors (Lipinski definition) is 5. The lowest BCUT2D eigenvalue weighted by Crippen LogP contribution is -2.26. The van der Waals surface area contributed by atoms with Crippen molar-refractivity contribution >= 4 is 5.91 Å². The SMILES string of the molecule is COCc1nc(CCNC(=O)CCc2ccccc2)no1. The Balaban J connectivity index is 1.64. The molecule has 0 unspecified atom stereocenters. The molecule has 0 bridgehead atoms. The normalized spacial score (nSPS) is 10.5. The van der Waals surface area contributed by atoms with Gasteiger partial charge in [-0.2, -0.15) is 4.98 Å². The number of nitrogens with zero attached hydrogens (tertiary/aromatic N) is 2. The minimum Gasteiger partial charge on any atom is -0.375 e. The monoisotopic (exact) mass is 289 g/mol. The molecule has 6 nitrogen and oxygen atoms in total. The third-order valence-corrected chi connectivity index (χ3v) is 2.93. The fraction of sp³-hybridized carbons (Fsp3) is 0.400. The fourth-order valence-electron chi connectivity index (χ4n) is 1.88. The van der Waals surface area contributed by atoms with Crippen molar-refractivity contribution in [3.63, 3.8) is 0 Å². The number of benzene rings is 1. The Morgan fingerprint density at radius 3 is 2.86 bits per heavy atom. The summed E-state index contributed by atoms with van der Waals surface area (Å²) in [5.74, 6) is 1.05. The molecule has 0 spiro atoms. The standard InChI is InChI=1S/C15H19N3O3/c1-20-11-15-17-13(18-21-15)9-10-16-14(19)8-7-12-5-3-2-4-6-12/h2-6H,7-11H2,1H3,(H,16,19). The molecule has 0 radical (unpaired) electrons. The maximum atomic E-state index is 11.7. The first-order valence-electron chi connectivity index (χ1n) is 6.89. The molecule has 0 atom stereocenters. The van der Waals surface area contributed by atoms with Crippen molar-refractivity contribution in [3.05, 3.63) is 47.6 Å². The second-order valence-corrected chi connectivity index (χ2v) is 4.62. The number of carbonyl (C=O) groups excluding carboxylic acids is 1. The van der Waals surface area contributed by atoms with Crippen molar-refractivity contribution in [1.82, 2.24) is 15.5 Å². The van der Waals surface area contributed by atoms with Crippen molar-refractivity contribution in [1.29, 1.82) is 0 Å². The summed E-state index contributed by atoms with van der Waals surface area (Å²) in [6, 6.07) is 9.95. The van der Waals surface area contributed by atoms with E-state index in [0.717, 1.165) is 12.0 Å². The second kappa shape index (κ2) is 8.16. The molecule has 1 amide bonds. The van der Waals surface area contributed by atoms with E-state index in [2.05, 4.69) is 15.5 Å². The summed E-state index contributed by atoms with van der Waals surface area (Å²) >= 11 is 0. The van der Waals surface area contributed by atoms with Gasteiger partial charge in [0.1, 0.15) is 6.61 Å². The quantitative estimate of drug-likeness (QED) is 0.797. The first kappa shape index (κ1) is 15.2. The molecule has 0 saturated carbocycles. The Labute approximate surface area is 123 Å². The first-order valence-corrected chi connectivity index (χ1v) is 6.89. The number of amides is 1. The van der Waals surface area contributed by atoms with Gasteiger partial charge in [-0.05, 0) is 12.0 Å². The van der Waals surface area contributed by atoms with Gasteiger partial charge in [-0.1, -0.05) is 35.5 Å². The second-order valence-electron chi connectivity index (χ2n) is 4.62. The van der Waals surface area contributed by atoms with Gasteiger partial charge in [0.05, 0.1) is 0 Å². The van der Waals surface area contributed by atoms with Crippen molar-refractivity contribution in [2.75, 3.05) is 13.7 Å². The minimum atomic E-state index is 0.0273. The zero-order chi connectivity index (χ0) is 14.9. The highest BCUT2D eigenvalue weighted by molar-refractivity contribution is 5.76. The van der Waals surface area contributed by atoms with Crippen molar-refractivity contribution in [2.24, 2.45) is 0 Å². The Kier molecular flexibility index (Phi) is 5.90. The van der Waals surface area contributed by atoms with Crippen LogP contribution in [0.4, 0.5) is 0 Å². The van der Waals surface area contributed by atoms with Gasteiger partial charge in [-0.25, -0.2) is 0 Å². The van der Waals surface area contributed by atoms with Gasteiger partial charge >= 0.3 is 0 Å². The van der Waals surface area contributed by atoms with E-state index in [-0.39, 0.29) is 5.91 Å². The van der Waals surface area contributed by atoms with E-state index in [0.29, 0.717) is 37.7 Å². The fourth-order valence-corrected chi connectivity index (χ4v) is 1.88. The summed E-state index contributed by atoms with van der Waals surface area (Å²) in [6.07, 6.45) is 1.77. The number of aromatic nitrogens is 2. The van der Waals surface area contributed by atoms with Crippen LogP contribution < -0.4 is 5.32 Å². The number of ether oxygens (including phenoxy) is 1. The van der Waals surface area contributed by atoms with Crippen molar-refractivity contribution in [2.45, 2.75) is 25.9 Å². The number of carbonyl (C=O) groups is 1. The lowest BCUT2D eigenvalue weighted by atomic mass is 10.1. The molecule has 0 aliphatic rings. The van der Waals surface area contributed by atoms with Crippen molar-refractivity contribution < 1.29 is 14.1 Å². The molecule has 0 aliphatic carbocycles. The van der Waals surface area contributed by atoms with Gasteiger partial charge in [-0.3, -0.25) is 4.79 Å². The number of methoxy groups -OCH3 is 1. The van der Waals surface area contributed by atoms with Gasteiger partial charge in [-0.15, -0.1) is 0 Å². The molecule has 1 N–H and O–H groups in total. The molecule has 0 aliphatic heterocycles. The predicted octanol–water partition coefficient (Wildman–Crippen LogP) is 1.51. The summed E-state index contributed by atoms with van der Waals surface area (Å²) in [4.78, 5) is 15.9. The zero-order valence-corrected chi connectivity index (χ0v) is 12.0. The molecular weight excluding hydrogens is 270 g/mol. The van der Waals surface area contributed by atoms with E-state index in [1.54, 1.807) is 7.11 Å². The van der Waals surface area contributed by atoms with Crippen LogP contribution in [0, 0.1) is 0 Å². The highest BCUT2D eigenvalue weighted by Crippen LogP contribution is 2.02. The van der Waals surface area contributed by atoms with E-state index in [4.69, 9.17) is 9.26 Å². The van der Waals surface area contributed by atoms with E-state index in [1.807, 2.05) is 30.3 Å². The van der Waals surface area contributed by atoms with E-state index in [9.17, 15) is 4.79 Å². The first-order chi connectivity index (χ1) is 10.3. The molecule has 21 heavy (non-hydrogen) atoms. The smallest absolute Gasteiger partial charge is 0.252 e. The highest BCUT2D eigenvalue weighted by atomic mass is 16.5. The molecule has 2 rings (SSSR count). The Hall–Kier alpha value is -2.21. The topological polar surface area (TPSA) is 77.2 Å². The molecule has 6 heteroatoms. The molecule has 1 aromatic heterocycles. The average molecular weight is 289 g/mol. The van der Waals surface area contributed by atoms with Gasteiger partial charge in [0.25, 0.3) is 5.89 Å².